The van der Waals surface area contributed by atoms with E-state index in [4.69, 9.17) is 17.3 Å². The van der Waals surface area contributed by atoms with Gasteiger partial charge in [-0.25, -0.2) is 9.97 Å². The van der Waals surface area contributed by atoms with E-state index < -0.39 is 0 Å². The number of benzene rings is 1. The van der Waals surface area contributed by atoms with Crippen LogP contribution in [0.15, 0.2) is 36.7 Å². The molecule has 1 aromatic carbocycles. The Morgan fingerprint density at radius 1 is 0.900 bits per heavy atom. The quantitative estimate of drug-likeness (QED) is 0.858. The summed E-state index contributed by atoms with van der Waals surface area (Å²) in [6.07, 6.45) is 3.27. The van der Waals surface area contributed by atoms with Gasteiger partial charge in [-0.2, -0.15) is 0 Å². The van der Waals surface area contributed by atoms with Crippen LogP contribution in [0.25, 0.3) is 0 Å². The number of aromatic nitrogens is 2. The zero-order valence-electron chi connectivity index (χ0n) is 11.0. The molecule has 0 radical (unpaired) electrons. The molecular weight excluding hydrogens is 274 g/mol. The van der Waals surface area contributed by atoms with Crippen LogP contribution in [0, 0.1) is 0 Å². The molecule has 1 aromatic heterocycles. The lowest BCUT2D eigenvalue weighted by molar-refractivity contribution is 0.640. The summed E-state index contributed by atoms with van der Waals surface area (Å²) in [5, 5.41) is 0.564. The van der Waals surface area contributed by atoms with Crippen molar-refractivity contribution in [2.75, 3.05) is 41.7 Å². The first-order valence-corrected chi connectivity index (χ1v) is 6.93. The van der Waals surface area contributed by atoms with E-state index in [2.05, 4.69) is 31.9 Å². The van der Waals surface area contributed by atoms with Gasteiger partial charge in [0.25, 0.3) is 0 Å². The molecular formula is C14H16ClN5. The maximum atomic E-state index is 5.80. The van der Waals surface area contributed by atoms with Crippen LogP contribution in [0.1, 0.15) is 0 Å². The smallest absolute Gasteiger partial charge is 0.225 e. The van der Waals surface area contributed by atoms with Crippen molar-refractivity contribution < 1.29 is 0 Å². The lowest BCUT2D eigenvalue weighted by Crippen LogP contribution is -2.47. The largest absolute Gasteiger partial charge is 0.399 e. The summed E-state index contributed by atoms with van der Waals surface area (Å²) in [7, 11) is 0. The highest BCUT2D eigenvalue weighted by atomic mass is 35.5. The summed E-state index contributed by atoms with van der Waals surface area (Å²) in [4.78, 5) is 13.0. The van der Waals surface area contributed by atoms with Gasteiger partial charge in [0.2, 0.25) is 5.95 Å². The molecule has 3 rings (SSSR count). The number of anilines is 3. The van der Waals surface area contributed by atoms with Crippen LogP contribution in [-0.2, 0) is 0 Å². The van der Waals surface area contributed by atoms with E-state index in [1.165, 1.54) is 5.69 Å². The zero-order chi connectivity index (χ0) is 13.9. The van der Waals surface area contributed by atoms with Crippen LogP contribution in [0.5, 0.6) is 0 Å². The average molecular weight is 290 g/mol. The Morgan fingerprint density at radius 3 is 2.05 bits per heavy atom. The van der Waals surface area contributed by atoms with E-state index in [1.54, 1.807) is 12.4 Å². The lowest BCUT2D eigenvalue weighted by atomic mass is 10.2. The van der Waals surface area contributed by atoms with Crippen LogP contribution in [0.3, 0.4) is 0 Å². The van der Waals surface area contributed by atoms with Crippen LogP contribution in [-0.4, -0.2) is 36.1 Å². The third-order valence-corrected chi connectivity index (χ3v) is 3.62. The van der Waals surface area contributed by atoms with E-state index in [9.17, 15) is 0 Å². The van der Waals surface area contributed by atoms with Gasteiger partial charge in [0.05, 0.1) is 17.4 Å². The minimum Gasteiger partial charge on any atom is -0.399 e. The number of hydrogen-bond donors (Lipinski definition) is 1. The monoisotopic (exact) mass is 289 g/mol. The maximum Gasteiger partial charge on any atom is 0.225 e. The molecule has 0 amide bonds. The van der Waals surface area contributed by atoms with Crippen molar-refractivity contribution in [2.45, 2.75) is 0 Å². The number of halogens is 1. The third-order valence-electron chi connectivity index (χ3n) is 3.43. The highest BCUT2D eigenvalue weighted by Gasteiger charge is 2.18. The molecule has 0 saturated carbocycles. The topological polar surface area (TPSA) is 58.3 Å². The van der Waals surface area contributed by atoms with Gasteiger partial charge in [-0.3, -0.25) is 0 Å². The van der Waals surface area contributed by atoms with Crippen LogP contribution in [0.4, 0.5) is 17.3 Å². The third kappa shape index (κ3) is 2.77. The normalized spacial score (nSPS) is 15.4. The molecule has 2 heterocycles. The van der Waals surface area contributed by atoms with Crippen molar-refractivity contribution in [1.29, 1.82) is 0 Å². The first-order valence-electron chi connectivity index (χ1n) is 6.55. The van der Waals surface area contributed by atoms with E-state index in [1.807, 2.05) is 12.1 Å². The van der Waals surface area contributed by atoms with E-state index in [-0.39, 0.29) is 0 Å². The molecule has 2 N–H and O–H groups in total. The summed E-state index contributed by atoms with van der Waals surface area (Å²) in [6.45, 7) is 3.67. The highest BCUT2D eigenvalue weighted by molar-refractivity contribution is 6.30. The van der Waals surface area contributed by atoms with E-state index >= 15 is 0 Å². The number of hydrogen-bond acceptors (Lipinski definition) is 5. The molecule has 20 heavy (non-hydrogen) atoms. The predicted octanol–water partition coefficient (Wildman–Crippen LogP) is 2.04. The Bertz CT molecular complexity index is 508. The van der Waals surface area contributed by atoms with Crippen molar-refractivity contribution in [2.24, 2.45) is 0 Å². The van der Waals surface area contributed by atoms with Crippen molar-refractivity contribution in [3.8, 4) is 0 Å². The standard InChI is InChI=1S/C14H16ClN5/c15-11-9-17-14(18-10-11)20-7-5-19(6-8-20)13-3-1-12(16)2-4-13/h1-4,9-10H,5-8,16H2. The Hall–Kier alpha value is -2.01. The number of rotatable bonds is 2. The Labute approximate surface area is 123 Å². The highest BCUT2D eigenvalue weighted by Crippen LogP contribution is 2.19. The number of nitrogen functional groups attached to an aromatic ring is 1. The molecule has 0 spiro atoms. The van der Waals surface area contributed by atoms with Gasteiger partial charge in [-0.15, -0.1) is 0 Å². The fourth-order valence-corrected chi connectivity index (χ4v) is 2.42. The summed E-state index contributed by atoms with van der Waals surface area (Å²) >= 11 is 5.80. The second-order valence-electron chi connectivity index (χ2n) is 4.77. The minimum absolute atomic E-state index is 0.564. The molecule has 0 atom stereocenters. The second-order valence-corrected chi connectivity index (χ2v) is 5.20. The molecule has 0 aliphatic carbocycles. The van der Waals surface area contributed by atoms with Crippen molar-refractivity contribution in [1.82, 2.24) is 9.97 Å². The number of nitrogens with zero attached hydrogens (tertiary/aromatic N) is 4. The van der Waals surface area contributed by atoms with E-state index in [0.717, 1.165) is 37.8 Å². The Balaban J connectivity index is 1.64. The van der Waals surface area contributed by atoms with Crippen molar-refractivity contribution in [3.05, 3.63) is 41.7 Å². The summed E-state index contributed by atoms with van der Waals surface area (Å²) < 4.78 is 0. The first kappa shape index (κ1) is 13.0. The predicted molar refractivity (Wildman–Crippen MR) is 82.3 cm³/mol. The molecule has 1 fully saturated rings. The SMILES string of the molecule is Nc1ccc(N2CCN(c3ncc(Cl)cn3)CC2)cc1. The molecule has 1 aliphatic heterocycles. The first-order chi connectivity index (χ1) is 9.72. The van der Waals surface area contributed by atoms with Crippen molar-refractivity contribution in [3.63, 3.8) is 0 Å². The molecule has 5 nitrogen and oxygen atoms in total. The van der Waals surface area contributed by atoms with Gasteiger partial charge in [0.1, 0.15) is 0 Å². The fraction of sp³-hybridized carbons (Fsp3) is 0.286. The van der Waals surface area contributed by atoms with Crippen LogP contribution >= 0.6 is 11.6 Å². The summed E-state index contributed by atoms with van der Waals surface area (Å²) in [5.41, 5.74) is 7.71. The molecule has 2 aromatic rings. The van der Waals surface area contributed by atoms with Gasteiger partial charge in [0, 0.05) is 37.6 Å². The molecule has 104 valence electrons. The fourth-order valence-electron chi connectivity index (χ4n) is 2.32. The van der Waals surface area contributed by atoms with Gasteiger partial charge >= 0.3 is 0 Å². The molecule has 1 saturated heterocycles. The van der Waals surface area contributed by atoms with E-state index in [0.29, 0.717) is 5.02 Å². The number of piperazine rings is 1. The molecule has 0 unspecified atom stereocenters. The molecule has 1 aliphatic rings. The molecule has 0 bridgehead atoms. The molecule has 6 heteroatoms. The van der Waals surface area contributed by atoms with Gasteiger partial charge in [-0.05, 0) is 24.3 Å². The van der Waals surface area contributed by atoms with Crippen LogP contribution in [0.2, 0.25) is 5.02 Å². The lowest BCUT2D eigenvalue weighted by Gasteiger charge is -2.36. The van der Waals surface area contributed by atoms with Crippen LogP contribution < -0.4 is 15.5 Å². The Morgan fingerprint density at radius 2 is 1.45 bits per heavy atom. The zero-order valence-corrected chi connectivity index (χ0v) is 11.8. The van der Waals surface area contributed by atoms with Crippen molar-refractivity contribution >= 4 is 28.9 Å². The summed E-state index contributed by atoms with van der Waals surface area (Å²) in [6, 6.07) is 7.99. The maximum absolute atomic E-state index is 5.80. The minimum atomic E-state index is 0.564. The Kier molecular flexibility index (Phi) is 3.60. The van der Waals surface area contributed by atoms with Gasteiger partial charge < -0.3 is 15.5 Å². The number of nitrogens with two attached hydrogens (primary N) is 1. The van der Waals surface area contributed by atoms with Gasteiger partial charge in [-0.1, -0.05) is 11.6 Å². The summed E-state index contributed by atoms with van der Waals surface area (Å²) in [5.74, 6) is 0.742. The average Bonchev–Trinajstić information content (AvgIpc) is 2.49. The second kappa shape index (κ2) is 5.54. The van der Waals surface area contributed by atoms with Gasteiger partial charge in [0.15, 0.2) is 0 Å².